The quantitative estimate of drug-likeness (QED) is 0.271. The Kier molecular flexibility index (Phi) is 8.13. The molecule has 8 N–H and O–H groups in total. The lowest BCUT2D eigenvalue weighted by molar-refractivity contribution is -0.174. The first-order valence-electron chi connectivity index (χ1n) is 8.60. The molecule has 11 nitrogen and oxygen atoms in total. The molecule has 0 aliphatic heterocycles. The van der Waals surface area contributed by atoms with Crippen LogP contribution in [0.5, 0.6) is 0 Å². The number of aliphatic carboxylic acids is 2. The summed E-state index contributed by atoms with van der Waals surface area (Å²) in [6.45, 7) is 0.231. The van der Waals surface area contributed by atoms with Crippen molar-refractivity contribution in [3.63, 3.8) is 0 Å². The van der Waals surface area contributed by atoms with Crippen molar-refractivity contribution in [3.8, 4) is 0 Å². The molecule has 0 bridgehead atoms. The fourth-order valence-electron chi connectivity index (χ4n) is 2.79. The number of carbonyl (C=O) groups is 5. The lowest BCUT2D eigenvalue weighted by Gasteiger charge is -2.38. The maximum absolute atomic E-state index is 13.0. The highest BCUT2D eigenvalue weighted by atomic mass is 16.4. The van der Waals surface area contributed by atoms with Gasteiger partial charge in [0.2, 0.25) is 17.4 Å². The van der Waals surface area contributed by atoms with Crippen LogP contribution in [0.4, 0.5) is 0 Å². The fourth-order valence-corrected chi connectivity index (χ4v) is 2.79. The molecule has 1 aromatic rings. The van der Waals surface area contributed by atoms with Crippen LogP contribution in [0.3, 0.4) is 0 Å². The van der Waals surface area contributed by atoms with Gasteiger partial charge in [0.1, 0.15) is 0 Å². The van der Waals surface area contributed by atoms with Crippen molar-refractivity contribution in [2.75, 3.05) is 6.54 Å². The van der Waals surface area contributed by atoms with E-state index in [2.05, 4.69) is 0 Å². The van der Waals surface area contributed by atoms with E-state index in [4.69, 9.17) is 17.2 Å². The van der Waals surface area contributed by atoms with Gasteiger partial charge in [-0.2, -0.15) is 0 Å². The lowest BCUT2D eigenvalue weighted by atomic mass is 9.86. The van der Waals surface area contributed by atoms with Gasteiger partial charge in [0.15, 0.2) is 5.78 Å². The van der Waals surface area contributed by atoms with Crippen LogP contribution in [0.1, 0.15) is 18.9 Å². The summed E-state index contributed by atoms with van der Waals surface area (Å²) >= 11 is 0. The van der Waals surface area contributed by atoms with Crippen molar-refractivity contribution >= 4 is 29.5 Å². The molecule has 1 aromatic carbocycles. The number of Topliss-reactive ketones (excluding diaryl/α,β-unsaturated/α-hetero) is 1. The molecule has 1 rings (SSSR count). The highest BCUT2D eigenvalue weighted by Crippen LogP contribution is 2.25. The minimum absolute atomic E-state index is 0.0525. The highest BCUT2D eigenvalue weighted by Gasteiger charge is 2.57. The summed E-state index contributed by atoms with van der Waals surface area (Å²) in [7, 11) is 0. The molecule has 158 valence electrons. The molecule has 0 aliphatic carbocycles. The van der Waals surface area contributed by atoms with E-state index in [1.807, 2.05) is 0 Å². The molecule has 29 heavy (non-hydrogen) atoms. The summed E-state index contributed by atoms with van der Waals surface area (Å²) in [6, 6.07) is 5.53. The van der Waals surface area contributed by atoms with Gasteiger partial charge >= 0.3 is 11.9 Å². The normalized spacial score (nSPS) is 14.9. The van der Waals surface area contributed by atoms with Gasteiger partial charge in [-0.3, -0.25) is 24.1 Å². The van der Waals surface area contributed by atoms with E-state index in [0.29, 0.717) is 5.56 Å². The van der Waals surface area contributed by atoms with Crippen LogP contribution in [-0.2, 0) is 30.4 Å². The second-order valence-corrected chi connectivity index (χ2v) is 6.46. The number of hydrogen-bond acceptors (Lipinski definition) is 8. The number of carboxylic acids is 2. The molecule has 0 aliphatic rings. The number of benzene rings is 1. The predicted octanol–water partition coefficient (Wildman–Crippen LogP) is -1.92. The van der Waals surface area contributed by atoms with Crippen LogP contribution in [0.25, 0.3) is 0 Å². The number of carbonyl (C=O) groups excluding carboxylic acids is 3. The van der Waals surface area contributed by atoms with Crippen molar-refractivity contribution in [1.82, 2.24) is 4.90 Å². The van der Waals surface area contributed by atoms with Crippen LogP contribution < -0.4 is 17.2 Å². The summed E-state index contributed by atoms with van der Waals surface area (Å²) in [5.74, 6) is -7.61. The standard InChI is InChI=1S/C18H24N4O7/c1-10(20)15(26)22(16(27)12(21)7-11-5-3-2-4-6-11)18(17(28)29,8-14(24)25)13(23)9-19/h2-6,10,12H,7-9,19-21H2,1H3,(H,24,25)(H,28,29). The van der Waals surface area contributed by atoms with Crippen LogP contribution in [0, 0.1) is 0 Å². The van der Waals surface area contributed by atoms with Crippen LogP contribution in [0.2, 0.25) is 0 Å². The van der Waals surface area contributed by atoms with E-state index in [1.165, 1.54) is 0 Å². The van der Waals surface area contributed by atoms with Gasteiger partial charge in [-0.15, -0.1) is 0 Å². The van der Waals surface area contributed by atoms with Crippen LogP contribution >= 0.6 is 0 Å². The summed E-state index contributed by atoms with van der Waals surface area (Å²) in [5, 5.41) is 18.9. The molecule has 0 fully saturated rings. The fraction of sp³-hybridized carbons (Fsp3) is 0.389. The van der Waals surface area contributed by atoms with Gasteiger partial charge in [0.05, 0.1) is 25.0 Å². The zero-order chi connectivity index (χ0) is 22.4. The summed E-state index contributed by atoms with van der Waals surface area (Å²) in [6.07, 6.45) is -1.48. The molecule has 2 amide bonds. The van der Waals surface area contributed by atoms with Crippen molar-refractivity contribution in [1.29, 1.82) is 0 Å². The number of hydrogen-bond donors (Lipinski definition) is 5. The molecule has 0 saturated heterocycles. The van der Waals surface area contributed by atoms with Gasteiger partial charge in [-0.05, 0) is 18.9 Å². The summed E-state index contributed by atoms with van der Waals surface area (Å²) < 4.78 is 0. The Morgan fingerprint density at radius 2 is 1.59 bits per heavy atom. The third kappa shape index (κ3) is 5.22. The Balaban J connectivity index is 3.55. The average Bonchev–Trinajstić information content (AvgIpc) is 2.66. The number of amides is 2. The van der Waals surface area contributed by atoms with Gasteiger partial charge in [0, 0.05) is 0 Å². The zero-order valence-electron chi connectivity index (χ0n) is 15.8. The van der Waals surface area contributed by atoms with Gasteiger partial charge in [0.25, 0.3) is 0 Å². The molecule has 0 spiro atoms. The van der Waals surface area contributed by atoms with Gasteiger partial charge in [-0.1, -0.05) is 30.3 Å². The molecule has 3 atom stereocenters. The first kappa shape index (κ1) is 23.9. The van der Waals surface area contributed by atoms with Crippen molar-refractivity contribution in [2.45, 2.75) is 37.4 Å². The monoisotopic (exact) mass is 408 g/mol. The minimum atomic E-state index is -3.07. The van der Waals surface area contributed by atoms with Crippen LogP contribution in [0.15, 0.2) is 30.3 Å². The van der Waals surface area contributed by atoms with Crippen molar-refractivity contribution in [2.24, 2.45) is 17.2 Å². The Hall–Kier alpha value is -3.15. The van der Waals surface area contributed by atoms with E-state index in [-0.39, 0.29) is 11.3 Å². The Morgan fingerprint density at radius 3 is 2.00 bits per heavy atom. The minimum Gasteiger partial charge on any atom is -0.481 e. The van der Waals surface area contributed by atoms with Crippen molar-refractivity contribution in [3.05, 3.63) is 35.9 Å². The second-order valence-electron chi connectivity index (χ2n) is 6.46. The number of ketones is 1. The van der Waals surface area contributed by atoms with E-state index >= 15 is 0 Å². The first-order valence-corrected chi connectivity index (χ1v) is 8.60. The Morgan fingerprint density at radius 1 is 1.03 bits per heavy atom. The molecule has 0 heterocycles. The SMILES string of the molecule is CC(N)C(=O)N(C(=O)C(N)Cc1ccccc1)C(CC(=O)O)(C(=O)O)C(=O)CN. The second kappa shape index (κ2) is 9.87. The Bertz CT molecular complexity index is 797. The molecule has 0 aromatic heterocycles. The number of rotatable bonds is 10. The molecule has 11 heteroatoms. The number of imide groups is 1. The van der Waals surface area contributed by atoms with Crippen molar-refractivity contribution < 1.29 is 34.2 Å². The van der Waals surface area contributed by atoms with E-state index in [9.17, 15) is 34.2 Å². The third-order valence-electron chi connectivity index (χ3n) is 4.24. The van der Waals surface area contributed by atoms with Gasteiger partial charge in [-0.25, -0.2) is 4.79 Å². The number of nitrogens with two attached hydrogens (primary N) is 3. The molecule has 0 radical (unpaired) electrons. The first-order chi connectivity index (χ1) is 13.5. The largest absolute Gasteiger partial charge is 0.481 e. The van der Waals surface area contributed by atoms with Crippen LogP contribution in [-0.4, -0.2) is 68.8 Å². The molecular weight excluding hydrogens is 384 g/mol. The number of carboxylic acid groups (broad SMARTS) is 2. The third-order valence-corrected chi connectivity index (χ3v) is 4.24. The highest BCUT2D eigenvalue weighted by molar-refractivity contribution is 6.18. The Labute approximate surface area is 166 Å². The zero-order valence-corrected chi connectivity index (χ0v) is 15.8. The predicted molar refractivity (Wildman–Crippen MR) is 100 cm³/mol. The summed E-state index contributed by atoms with van der Waals surface area (Å²) in [5.41, 5.74) is 14.2. The lowest BCUT2D eigenvalue weighted by Crippen LogP contribution is -2.70. The maximum atomic E-state index is 13.0. The molecule has 3 unspecified atom stereocenters. The molecular formula is C18H24N4O7. The maximum Gasteiger partial charge on any atom is 0.338 e. The van der Waals surface area contributed by atoms with E-state index in [0.717, 1.165) is 6.92 Å². The van der Waals surface area contributed by atoms with E-state index < -0.39 is 60.1 Å². The smallest absolute Gasteiger partial charge is 0.338 e. The summed E-state index contributed by atoms with van der Waals surface area (Å²) in [4.78, 5) is 61.6. The average molecular weight is 408 g/mol. The number of nitrogens with zero attached hydrogens (tertiary/aromatic N) is 1. The van der Waals surface area contributed by atoms with E-state index in [1.54, 1.807) is 30.3 Å². The topological polar surface area (TPSA) is 207 Å². The van der Waals surface area contributed by atoms with Gasteiger partial charge < -0.3 is 27.4 Å². The molecule has 0 saturated carbocycles.